The highest BCUT2D eigenvalue weighted by molar-refractivity contribution is 7.12. The van der Waals surface area contributed by atoms with E-state index in [0.29, 0.717) is 86.6 Å². The van der Waals surface area contributed by atoms with Crippen molar-refractivity contribution in [1.29, 1.82) is 0 Å². The maximum atomic E-state index is 13.9. The fourth-order valence-corrected chi connectivity index (χ4v) is 17.4. The Morgan fingerprint density at radius 1 is 0.416 bits per heavy atom. The van der Waals surface area contributed by atoms with E-state index in [4.69, 9.17) is 27.7 Å². The second-order valence-corrected chi connectivity index (χ2v) is 36.0. The Hall–Kier alpha value is -18.0. The predicted molar refractivity (Wildman–Crippen MR) is 551 cm³/mol. The van der Waals surface area contributed by atoms with E-state index >= 15 is 0 Å². The molecule has 17 aromatic rings. The summed E-state index contributed by atoms with van der Waals surface area (Å²) in [7, 11) is 1.40. The summed E-state index contributed by atoms with van der Waals surface area (Å²) < 4.78 is 116. The number of methoxy groups -OCH3 is 1. The second kappa shape index (κ2) is 49.0. The minimum absolute atomic E-state index is 0.0000713. The number of nitrogen functional groups attached to an aromatic ring is 4. The van der Waals surface area contributed by atoms with Crippen LogP contribution in [-0.4, -0.2) is 119 Å². The van der Waals surface area contributed by atoms with Crippen molar-refractivity contribution >= 4 is 136 Å². The van der Waals surface area contributed by atoms with E-state index in [2.05, 4.69) is 61.9 Å². The number of nitrogens with zero attached hydrogens (tertiary/aromatic N) is 8. The molecular weight excluding hydrogens is 1940 g/mol. The highest BCUT2D eigenvalue weighted by atomic mass is 32.1. The van der Waals surface area contributed by atoms with Gasteiger partial charge in [0.1, 0.15) is 41.1 Å². The molecule has 0 radical (unpaired) electrons. The number of aryl methyl sites for hydroxylation is 2. The highest BCUT2D eigenvalue weighted by Gasteiger charge is 2.31. The first-order valence-corrected chi connectivity index (χ1v) is 47.8. The molecule has 0 bridgehead atoms. The first-order chi connectivity index (χ1) is 71.8. The first kappa shape index (κ1) is 105. The number of carbonyl (C=O) groups excluding carboxylic acids is 9. The van der Waals surface area contributed by atoms with Crippen LogP contribution in [0, 0.1) is 59.4 Å². The quantitative estimate of drug-likeness (QED) is 0.0135. The normalized spacial score (nSPS) is 12.4. The van der Waals surface area contributed by atoms with E-state index in [0.717, 1.165) is 132 Å². The van der Waals surface area contributed by atoms with Gasteiger partial charge in [0.25, 0.3) is 17.7 Å². The number of pyridine rings is 5. The van der Waals surface area contributed by atoms with Crippen molar-refractivity contribution < 1.29 is 83.0 Å². The topological polar surface area (TPSA) is 425 Å². The average Bonchev–Trinajstić information content (AvgIpc) is 1.37. The molecule has 149 heavy (non-hydrogen) atoms. The van der Waals surface area contributed by atoms with Gasteiger partial charge in [-0.25, -0.2) is 59.7 Å². The van der Waals surface area contributed by atoms with E-state index in [1.807, 2.05) is 110 Å². The van der Waals surface area contributed by atoms with Gasteiger partial charge < -0.3 is 64.5 Å². The number of thiophene rings is 1. The number of Topliss-reactive ketones (excluding diaryl/α,β-unsaturated/α-hetero) is 2. The molecule has 1 fully saturated rings. The Bertz CT molecular complexity index is 7870. The number of hydrogen-bond acceptors (Lipinski definition) is 21. The Morgan fingerprint density at radius 2 is 0.859 bits per heavy atom. The van der Waals surface area contributed by atoms with Crippen LogP contribution in [0.3, 0.4) is 0 Å². The van der Waals surface area contributed by atoms with Gasteiger partial charge in [-0.2, -0.15) is 5.10 Å². The molecule has 1 aliphatic rings. The summed E-state index contributed by atoms with van der Waals surface area (Å²) in [5.74, 6) is -10.2. The van der Waals surface area contributed by atoms with E-state index in [1.165, 1.54) is 61.2 Å². The van der Waals surface area contributed by atoms with Crippen LogP contribution in [0.4, 0.5) is 64.1 Å². The number of nitrogens with one attached hydrogen (secondary N) is 6. The zero-order valence-electron chi connectivity index (χ0n) is 80.1. The van der Waals surface area contributed by atoms with E-state index in [9.17, 15) is 78.3 Å². The van der Waals surface area contributed by atoms with Crippen molar-refractivity contribution in [3.8, 4) is 11.4 Å². The summed E-state index contributed by atoms with van der Waals surface area (Å²) in [6, 6.07) is 60.6. The van der Waals surface area contributed by atoms with Crippen LogP contribution in [0.5, 0.6) is 5.75 Å². The Labute approximate surface area is 852 Å². The fraction of sp³-hybridized carbons (Fsp3) is 0.170. The molecule has 7 amide bonds. The number of aromatic nitrogens is 7. The third-order valence-corrected chi connectivity index (χ3v) is 25.6. The van der Waals surface area contributed by atoms with Crippen molar-refractivity contribution in [3.63, 3.8) is 0 Å². The molecule has 0 spiro atoms. The van der Waals surface area contributed by atoms with Gasteiger partial charge in [-0.1, -0.05) is 91.0 Å². The fourth-order valence-electron chi connectivity index (χ4n) is 16.8. The number of amides is 7. The van der Waals surface area contributed by atoms with Crippen LogP contribution in [0.15, 0.2) is 291 Å². The van der Waals surface area contributed by atoms with Gasteiger partial charge in [0, 0.05) is 145 Å². The number of hydrogen-bond donors (Lipinski definition) is 10. The number of ketones is 2. The molecule has 0 aliphatic carbocycles. The SMILES string of the molecule is COc1cnccc1C(=O)N[C@@H](Cc1ccc(F)c(F)c1)C(=O)NCc1ccc2c(N)nccc2c1.Cc1ccnn1-c1ccc(C(=O)C[C@@H](Cc2ccc(F)c(F)c2)C(=O)NCc2ccc3c(N)nccc3c2)cc1.Nc1nccc2cc(CCC(=O)[C@H](Cc3ccc(F)c(F)c3)NC(=O)c3cccc(N4CCCC4=O)c3)ccc12.Nc1nccc2cc(CNC(=O)[C@H](Cc3ccc(F)c(F)c3)NC(=O)c3cccs3)ccc12. The Balaban J connectivity index is 0.000000149. The average molecular weight is 2040 g/mol. The smallest absolute Gasteiger partial charge is 0.262 e. The lowest BCUT2D eigenvalue weighted by atomic mass is 9.91. The standard InChI is InChI=1S/C31H27F2N5O2.C31H28F2N4O3.C26H23F2N5O3.C24H20F2N4O2S/c1-19-10-13-37-38(19)25-6-4-22(5-7-25)29(39)17-24(14-20-3-9-27(32)28(33)16-20)31(40)36-18-21-2-8-26-23(15-21)11-12-35-30(26)34;32-25-10-7-20(16-26(25)33)17-27(28(38)11-8-19-6-9-24-21(15-19)12-13-35-30(24)34)36-31(40)22-3-1-4-23(18-22)37-14-2-5-29(37)39;1-36-23-14-30-8-7-19(23)25(34)33-22(12-15-3-5-20(27)21(28)11-15)26(35)32-13-16-2-4-18-17(10-16)6-9-31-24(18)29;25-18-6-4-14(11-19(18)26)12-20(30-24(32)21-2-1-9-33-21)23(31)29-13-15-3-5-17-16(10-15)7-8-28-22(17)27/h2-13,15-16,24H,14,17-18H2,1H3,(H2,34,35)(H,36,40);1,3-4,6-7,9-10,12-13,15-16,18,27H,2,5,8,11,14,17H2,(H2,34,35)(H,36,40);2-11,14,22H,12-13H2,1H3,(H2,29,31)(H,32,35)(H,33,34);1-11,20H,12-13H2,(H2,27,28)(H,29,31)(H,30,32)/t24-;27-;22-;20-/m1000/s1. The molecule has 1 saturated heterocycles. The van der Waals surface area contributed by atoms with E-state index < -0.39 is 100 Å². The van der Waals surface area contributed by atoms with Crippen molar-refractivity contribution in [3.05, 3.63) is 410 Å². The Kier molecular flexibility index (Phi) is 34.6. The molecule has 1 aliphatic heterocycles. The molecule has 0 saturated carbocycles. The number of nitrogens with two attached hydrogens (primary N) is 4. The van der Waals surface area contributed by atoms with Crippen molar-refractivity contribution in [2.45, 2.75) is 102 Å². The number of anilines is 5. The number of rotatable bonds is 33. The number of carbonyl (C=O) groups is 9. The molecule has 0 unspecified atom stereocenters. The zero-order valence-corrected chi connectivity index (χ0v) is 80.9. The highest BCUT2D eigenvalue weighted by Crippen LogP contribution is 2.31. The third-order valence-electron chi connectivity index (χ3n) is 24.7. The van der Waals surface area contributed by atoms with Gasteiger partial charge in [-0.3, -0.25) is 48.1 Å². The summed E-state index contributed by atoms with van der Waals surface area (Å²) in [6.07, 6.45) is 12.6. The number of ether oxygens (including phenoxy) is 1. The summed E-state index contributed by atoms with van der Waals surface area (Å²) in [5.41, 5.74) is 31.8. The maximum absolute atomic E-state index is 13.9. The van der Waals surface area contributed by atoms with E-state index in [1.54, 1.807) is 107 Å². The molecule has 4 atom stereocenters. The van der Waals surface area contributed by atoms with Crippen LogP contribution in [0.2, 0.25) is 0 Å². The van der Waals surface area contributed by atoms with Gasteiger partial charge in [0.2, 0.25) is 23.6 Å². The van der Waals surface area contributed by atoms with E-state index in [-0.39, 0.29) is 92.9 Å². The third kappa shape index (κ3) is 27.5. The largest absolute Gasteiger partial charge is 0.494 e. The lowest BCUT2D eigenvalue weighted by Gasteiger charge is -2.20. The predicted octanol–water partition coefficient (Wildman–Crippen LogP) is 17.1. The van der Waals surface area contributed by atoms with Crippen molar-refractivity contribution in [1.82, 2.24) is 66.6 Å². The Morgan fingerprint density at radius 3 is 1.30 bits per heavy atom. The maximum Gasteiger partial charge on any atom is 0.262 e. The number of fused-ring (bicyclic) bond motifs is 4. The van der Waals surface area contributed by atoms with Crippen molar-refractivity contribution in [2.75, 3.05) is 41.5 Å². The van der Waals surface area contributed by atoms with Gasteiger partial charge in [-0.05, 0) is 256 Å². The molecule has 37 heteroatoms. The van der Waals surface area contributed by atoms with Crippen LogP contribution in [0.25, 0.3) is 48.8 Å². The first-order valence-electron chi connectivity index (χ1n) is 47.0. The van der Waals surface area contributed by atoms with Gasteiger partial charge >= 0.3 is 0 Å². The molecule has 10 aromatic carbocycles. The van der Waals surface area contributed by atoms with Gasteiger partial charge in [0.15, 0.2) is 58.1 Å². The number of benzene rings is 10. The number of halogens is 8. The monoisotopic (exact) mass is 2040 g/mol. The van der Waals surface area contributed by atoms with Gasteiger partial charge in [0.05, 0.1) is 35.5 Å². The summed E-state index contributed by atoms with van der Waals surface area (Å²) >= 11 is 1.24. The lowest BCUT2D eigenvalue weighted by Crippen LogP contribution is -2.48. The molecule has 7 aromatic heterocycles. The molecule has 28 nitrogen and oxygen atoms in total. The second-order valence-electron chi connectivity index (χ2n) is 35.0. The molecule has 758 valence electrons. The van der Waals surface area contributed by atoms with Crippen LogP contribution >= 0.6 is 11.3 Å². The summed E-state index contributed by atoms with van der Waals surface area (Å²) in [6.45, 7) is 3.11. The van der Waals surface area contributed by atoms with Gasteiger partial charge in [-0.15, -0.1) is 11.3 Å². The summed E-state index contributed by atoms with van der Waals surface area (Å²) in [4.78, 5) is 139. The molecular formula is C112H98F8N18O10S. The molecule has 18 rings (SSSR count). The lowest BCUT2D eigenvalue weighted by molar-refractivity contribution is -0.125. The molecule has 8 heterocycles. The minimum atomic E-state index is -1.08. The minimum Gasteiger partial charge on any atom is -0.494 e. The molecule has 14 N–H and O–H groups in total. The summed E-state index contributed by atoms with van der Waals surface area (Å²) in [5, 5.41) is 29.5. The van der Waals surface area contributed by atoms with Crippen molar-refractivity contribution in [2.24, 2.45) is 5.92 Å². The van der Waals surface area contributed by atoms with Crippen LogP contribution < -0.4 is 64.5 Å². The zero-order chi connectivity index (χ0) is 105. The van der Waals surface area contributed by atoms with Crippen LogP contribution in [-0.2, 0) is 75.7 Å². The van der Waals surface area contributed by atoms with Crippen LogP contribution in [0.1, 0.15) is 117 Å².